The van der Waals surface area contributed by atoms with Crippen LogP contribution in [0.4, 0.5) is 11.4 Å². The highest BCUT2D eigenvalue weighted by atomic mass is 35.5. The molecule has 0 radical (unpaired) electrons. The van der Waals surface area contributed by atoms with E-state index < -0.39 is 0 Å². The highest BCUT2D eigenvalue weighted by molar-refractivity contribution is 6.08. The number of imidazole rings is 1. The lowest BCUT2D eigenvalue weighted by molar-refractivity contribution is 0.102. The number of nitrogens with one attached hydrogen (secondary N) is 1. The molecule has 5 nitrogen and oxygen atoms in total. The van der Waals surface area contributed by atoms with Crippen LogP contribution in [0.3, 0.4) is 0 Å². The average molecular weight is 393 g/mol. The molecule has 3 aromatic rings. The van der Waals surface area contributed by atoms with Gasteiger partial charge in [-0.05, 0) is 43.2 Å². The second-order valence-corrected chi connectivity index (χ2v) is 6.24. The van der Waals surface area contributed by atoms with Crippen LogP contribution in [0.15, 0.2) is 42.5 Å². The fraction of sp³-hybridized carbons (Fsp3) is 0.263. The van der Waals surface area contributed by atoms with Crippen LogP contribution in [0, 0.1) is 0 Å². The summed E-state index contributed by atoms with van der Waals surface area (Å²) in [4.78, 5) is 17.2. The van der Waals surface area contributed by atoms with Crippen LogP contribution in [0.2, 0.25) is 0 Å². The lowest BCUT2D eigenvalue weighted by Crippen LogP contribution is -2.13. The predicted octanol–water partition coefficient (Wildman–Crippen LogP) is 4.44. The first kappa shape index (κ1) is 20.1. The number of hydrogen-bond acceptors (Lipinski definition) is 3. The van der Waals surface area contributed by atoms with E-state index in [-0.39, 0.29) is 30.7 Å². The van der Waals surface area contributed by atoms with Crippen molar-refractivity contribution in [3.8, 4) is 0 Å². The van der Waals surface area contributed by atoms with Gasteiger partial charge in [-0.15, -0.1) is 24.8 Å². The summed E-state index contributed by atoms with van der Waals surface area (Å²) < 4.78 is 2.31. The molecule has 7 heteroatoms. The minimum Gasteiger partial charge on any atom is -0.398 e. The average Bonchev–Trinajstić information content (AvgIpc) is 2.75. The van der Waals surface area contributed by atoms with Crippen molar-refractivity contribution in [2.45, 2.75) is 32.2 Å². The van der Waals surface area contributed by atoms with Gasteiger partial charge in [0.25, 0.3) is 5.91 Å². The molecular weight excluding hydrogens is 371 g/mol. The van der Waals surface area contributed by atoms with Crippen molar-refractivity contribution in [2.24, 2.45) is 0 Å². The third kappa shape index (κ3) is 3.79. The summed E-state index contributed by atoms with van der Waals surface area (Å²) in [5, 5.41) is 2.92. The Morgan fingerprint density at radius 1 is 1.08 bits per heavy atom. The van der Waals surface area contributed by atoms with Crippen molar-refractivity contribution in [2.75, 3.05) is 11.1 Å². The molecule has 0 saturated carbocycles. The molecule has 0 spiro atoms. The summed E-state index contributed by atoms with van der Waals surface area (Å²) in [6, 6.07) is 13.0. The molecule has 0 atom stereocenters. The van der Waals surface area contributed by atoms with E-state index in [0.29, 0.717) is 11.3 Å². The van der Waals surface area contributed by atoms with Gasteiger partial charge in [-0.2, -0.15) is 0 Å². The molecule has 138 valence electrons. The minimum absolute atomic E-state index is 0. The second kappa shape index (κ2) is 8.43. The summed E-state index contributed by atoms with van der Waals surface area (Å²) in [6.07, 6.45) is 4.68. The Morgan fingerprint density at radius 2 is 1.88 bits per heavy atom. The number of carbonyl (C=O) groups excluding carboxylic acids is 1. The van der Waals surface area contributed by atoms with Crippen molar-refractivity contribution < 1.29 is 4.79 Å². The number of nitrogen functional groups attached to an aromatic ring is 1. The monoisotopic (exact) mass is 392 g/mol. The van der Waals surface area contributed by atoms with Gasteiger partial charge in [-0.3, -0.25) is 4.79 Å². The topological polar surface area (TPSA) is 72.9 Å². The van der Waals surface area contributed by atoms with Crippen molar-refractivity contribution in [3.63, 3.8) is 0 Å². The van der Waals surface area contributed by atoms with E-state index in [1.54, 1.807) is 18.2 Å². The molecule has 4 rings (SSSR count). The fourth-order valence-corrected chi connectivity index (χ4v) is 3.33. The highest BCUT2D eigenvalue weighted by Gasteiger charge is 2.15. The van der Waals surface area contributed by atoms with Gasteiger partial charge < -0.3 is 15.6 Å². The van der Waals surface area contributed by atoms with Crippen molar-refractivity contribution >= 4 is 53.1 Å². The molecule has 26 heavy (non-hydrogen) atoms. The number of para-hydroxylation sites is 1. The van der Waals surface area contributed by atoms with Gasteiger partial charge in [0.2, 0.25) is 0 Å². The summed E-state index contributed by atoms with van der Waals surface area (Å²) in [5.74, 6) is 0.950. The molecule has 0 unspecified atom stereocenters. The number of nitrogens with zero attached hydrogens (tertiary/aromatic N) is 2. The minimum atomic E-state index is -0.201. The van der Waals surface area contributed by atoms with Gasteiger partial charge in [0.05, 0.1) is 16.6 Å². The van der Waals surface area contributed by atoms with Crippen LogP contribution >= 0.6 is 24.8 Å². The lowest BCUT2D eigenvalue weighted by atomic mass is 10.1. The Balaban J connectivity index is 0.00000121. The SMILES string of the molecule is Cl.Cl.Nc1ccccc1C(=O)Nc1ccc2c(c1)nc1n2CCCCC1. The van der Waals surface area contributed by atoms with E-state index in [1.807, 2.05) is 24.3 Å². The molecule has 2 aromatic carbocycles. The largest absolute Gasteiger partial charge is 0.398 e. The molecule has 0 fully saturated rings. The number of aryl methyl sites for hydroxylation is 2. The Hall–Kier alpha value is -2.24. The van der Waals surface area contributed by atoms with E-state index in [2.05, 4.69) is 9.88 Å². The molecule has 1 aliphatic rings. The van der Waals surface area contributed by atoms with E-state index in [1.165, 1.54) is 19.3 Å². The standard InChI is InChI=1S/C19H20N4O.2ClH/c20-15-7-4-3-6-14(15)19(24)21-13-9-10-17-16(12-13)22-18-8-2-1-5-11-23(17)18;;/h3-4,6-7,9-10,12H,1-2,5,8,11,20H2,(H,21,24);2*1H. The fourth-order valence-electron chi connectivity index (χ4n) is 3.33. The number of halogens is 2. The van der Waals surface area contributed by atoms with Gasteiger partial charge in [0.15, 0.2) is 0 Å². The molecule has 1 amide bonds. The van der Waals surface area contributed by atoms with Crippen LogP contribution in [0.5, 0.6) is 0 Å². The van der Waals surface area contributed by atoms with Crippen LogP contribution in [-0.4, -0.2) is 15.5 Å². The first-order valence-corrected chi connectivity index (χ1v) is 8.37. The maximum atomic E-state index is 12.4. The van der Waals surface area contributed by atoms with Gasteiger partial charge >= 0.3 is 0 Å². The van der Waals surface area contributed by atoms with Gasteiger partial charge in [0.1, 0.15) is 5.82 Å². The number of aromatic nitrogens is 2. The molecule has 0 saturated heterocycles. The molecule has 1 aliphatic heterocycles. The predicted molar refractivity (Wildman–Crippen MR) is 111 cm³/mol. The van der Waals surface area contributed by atoms with Gasteiger partial charge in [0, 0.05) is 24.3 Å². The zero-order valence-corrected chi connectivity index (χ0v) is 15.9. The lowest BCUT2D eigenvalue weighted by Gasteiger charge is -2.08. The smallest absolute Gasteiger partial charge is 0.257 e. The van der Waals surface area contributed by atoms with Crippen molar-refractivity contribution in [3.05, 3.63) is 53.9 Å². The zero-order valence-electron chi connectivity index (χ0n) is 14.3. The molecule has 3 N–H and O–H groups in total. The molecule has 0 bridgehead atoms. The number of anilines is 2. The number of benzene rings is 2. The van der Waals surface area contributed by atoms with Gasteiger partial charge in [-0.1, -0.05) is 18.6 Å². The summed E-state index contributed by atoms with van der Waals surface area (Å²) in [7, 11) is 0. The summed E-state index contributed by atoms with van der Waals surface area (Å²) in [5.41, 5.74) is 9.65. The highest BCUT2D eigenvalue weighted by Crippen LogP contribution is 2.25. The summed E-state index contributed by atoms with van der Waals surface area (Å²) in [6.45, 7) is 1.03. The third-order valence-corrected chi connectivity index (χ3v) is 4.57. The maximum Gasteiger partial charge on any atom is 0.257 e. The number of hydrogen-bond donors (Lipinski definition) is 2. The molecule has 1 aromatic heterocycles. The summed E-state index contributed by atoms with van der Waals surface area (Å²) >= 11 is 0. The third-order valence-electron chi connectivity index (χ3n) is 4.57. The Labute approximate surface area is 164 Å². The number of rotatable bonds is 2. The Bertz CT molecular complexity index is 923. The number of amides is 1. The number of nitrogens with two attached hydrogens (primary N) is 1. The first-order chi connectivity index (χ1) is 11.7. The second-order valence-electron chi connectivity index (χ2n) is 6.24. The maximum absolute atomic E-state index is 12.4. The normalized spacial score (nSPS) is 13.1. The number of fused-ring (bicyclic) bond motifs is 3. The van der Waals surface area contributed by atoms with E-state index in [9.17, 15) is 4.79 Å². The van der Waals surface area contributed by atoms with E-state index in [0.717, 1.165) is 35.5 Å². The first-order valence-electron chi connectivity index (χ1n) is 8.37. The van der Waals surface area contributed by atoms with Crippen LogP contribution in [0.1, 0.15) is 35.4 Å². The van der Waals surface area contributed by atoms with Crippen LogP contribution in [-0.2, 0) is 13.0 Å². The Morgan fingerprint density at radius 3 is 2.69 bits per heavy atom. The van der Waals surface area contributed by atoms with Gasteiger partial charge in [-0.25, -0.2) is 4.98 Å². The van der Waals surface area contributed by atoms with Crippen molar-refractivity contribution in [1.82, 2.24) is 9.55 Å². The number of carbonyl (C=O) groups is 1. The van der Waals surface area contributed by atoms with Crippen molar-refractivity contribution in [1.29, 1.82) is 0 Å². The quantitative estimate of drug-likeness (QED) is 0.633. The molecule has 0 aliphatic carbocycles. The van der Waals surface area contributed by atoms with E-state index in [4.69, 9.17) is 10.7 Å². The Kier molecular flexibility index (Phi) is 6.51. The van der Waals surface area contributed by atoms with Crippen LogP contribution < -0.4 is 11.1 Å². The molecule has 2 heterocycles. The molecular formula is C19H22Cl2N4O. The zero-order chi connectivity index (χ0) is 16.5. The van der Waals surface area contributed by atoms with E-state index >= 15 is 0 Å². The van der Waals surface area contributed by atoms with Crippen LogP contribution in [0.25, 0.3) is 11.0 Å².